The third-order valence-corrected chi connectivity index (χ3v) is 6.01. The average molecular weight is 507 g/mol. The van der Waals surface area contributed by atoms with Crippen molar-refractivity contribution >= 4 is 11.6 Å². The number of aromatic nitrogens is 1. The van der Waals surface area contributed by atoms with Crippen molar-refractivity contribution < 1.29 is 27.8 Å². The van der Waals surface area contributed by atoms with Crippen molar-refractivity contribution in [3.05, 3.63) is 123 Å². The van der Waals surface area contributed by atoms with Crippen molar-refractivity contribution in [2.24, 2.45) is 0 Å². The lowest BCUT2D eigenvalue weighted by Gasteiger charge is -2.25. The minimum absolute atomic E-state index is 0.0545. The van der Waals surface area contributed by atoms with Gasteiger partial charge in [0, 0.05) is 23.5 Å². The number of ether oxygens (including phenoxy) is 1. The van der Waals surface area contributed by atoms with Crippen LogP contribution in [0.2, 0.25) is 0 Å². The van der Waals surface area contributed by atoms with Crippen LogP contribution in [-0.4, -0.2) is 15.7 Å². The Morgan fingerprint density at radius 3 is 2.35 bits per heavy atom. The molecule has 5 rings (SSSR count). The predicted octanol–water partition coefficient (Wildman–Crippen LogP) is 5.05. The third kappa shape index (κ3) is 4.73. The fourth-order valence-electron chi connectivity index (χ4n) is 4.18. The van der Waals surface area contributed by atoms with E-state index in [1.807, 2.05) is 48.5 Å². The molecule has 37 heavy (non-hydrogen) atoms. The number of para-hydroxylation sites is 1. The molecule has 0 radical (unpaired) electrons. The van der Waals surface area contributed by atoms with Gasteiger partial charge in [0.25, 0.3) is 5.91 Å². The normalized spacial score (nSPS) is 14.5. The summed E-state index contributed by atoms with van der Waals surface area (Å²) in [7, 11) is 0. The lowest BCUT2D eigenvalue weighted by Crippen LogP contribution is -2.30. The number of aromatic hydroxyl groups is 1. The Morgan fingerprint density at radius 1 is 0.946 bits per heavy atom. The number of rotatable bonds is 4. The van der Waals surface area contributed by atoms with Crippen LogP contribution in [0.1, 0.15) is 38.8 Å². The number of halogens is 3. The molecular weight excluding hydrogens is 487 g/mol. The Kier molecular flexibility index (Phi) is 6.08. The largest absolute Gasteiger partial charge is 0.502 e. The first kappa shape index (κ1) is 24.0. The van der Waals surface area contributed by atoms with Gasteiger partial charge in [0.15, 0.2) is 11.4 Å². The lowest BCUT2D eigenvalue weighted by atomic mass is 9.95. The van der Waals surface area contributed by atoms with Crippen molar-refractivity contribution in [1.82, 2.24) is 4.68 Å². The Balaban J connectivity index is 1.53. The fraction of sp³-hybridized carbons (Fsp3) is 0.111. The molecule has 3 aromatic carbocycles. The Labute approximate surface area is 208 Å². The van der Waals surface area contributed by atoms with E-state index in [2.05, 4.69) is 10.7 Å². The fourth-order valence-corrected chi connectivity index (χ4v) is 4.18. The maximum atomic E-state index is 13.2. The van der Waals surface area contributed by atoms with Gasteiger partial charge in [-0.2, -0.15) is 13.2 Å². The zero-order valence-corrected chi connectivity index (χ0v) is 19.1. The summed E-state index contributed by atoms with van der Waals surface area (Å²) in [6.07, 6.45) is -3.22. The maximum Gasteiger partial charge on any atom is 0.416 e. The standard InChI is InChI=1S/C27H20F3N3O4/c28-27(29,30)17-9-11-18(12-10-17)31-26(36)24-25(35)21(34)13-14-33(24)32-23-19-6-2-1-5-16(19)15-37-22-8-4-3-7-20(22)23/h1-14,23,32,35H,15H2,(H,31,36). The quantitative estimate of drug-likeness (QED) is 0.360. The van der Waals surface area contributed by atoms with Crippen molar-refractivity contribution in [2.45, 2.75) is 18.8 Å². The summed E-state index contributed by atoms with van der Waals surface area (Å²) in [5.74, 6) is -1.09. The van der Waals surface area contributed by atoms with Gasteiger partial charge in [-0.1, -0.05) is 42.5 Å². The van der Waals surface area contributed by atoms with E-state index < -0.39 is 40.6 Å². The molecular formula is C27H20F3N3O4. The monoisotopic (exact) mass is 507 g/mol. The van der Waals surface area contributed by atoms with Crippen LogP contribution in [0, 0.1) is 0 Å². The number of anilines is 1. The van der Waals surface area contributed by atoms with Gasteiger partial charge in [-0.3, -0.25) is 14.3 Å². The molecule has 2 heterocycles. The van der Waals surface area contributed by atoms with Gasteiger partial charge in [-0.15, -0.1) is 0 Å². The molecule has 1 aliphatic rings. The van der Waals surface area contributed by atoms with Crippen LogP contribution < -0.4 is 20.9 Å². The number of fused-ring (bicyclic) bond motifs is 2. The van der Waals surface area contributed by atoms with Gasteiger partial charge < -0.3 is 20.6 Å². The number of carbonyl (C=O) groups excluding carboxylic acids is 1. The summed E-state index contributed by atoms with van der Waals surface area (Å²) in [6, 6.07) is 19.3. The van der Waals surface area contributed by atoms with Gasteiger partial charge in [0.2, 0.25) is 5.43 Å². The summed E-state index contributed by atoms with van der Waals surface area (Å²) in [6.45, 7) is 0.321. The minimum Gasteiger partial charge on any atom is -0.502 e. The minimum atomic E-state index is -4.53. The summed E-state index contributed by atoms with van der Waals surface area (Å²) in [4.78, 5) is 25.4. The van der Waals surface area contributed by atoms with Crippen LogP contribution >= 0.6 is 0 Å². The SMILES string of the molecule is O=C(Nc1ccc(C(F)(F)F)cc1)c1c(O)c(=O)ccn1NC1c2ccccc2COc2ccccc21. The molecule has 0 fully saturated rings. The third-order valence-electron chi connectivity index (χ3n) is 6.01. The molecule has 10 heteroatoms. The predicted molar refractivity (Wildman–Crippen MR) is 130 cm³/mol. The van der Waals surface area contributed by atoms with E-state index in [0.717, 1.165) is 47.0 Å². The van der Waals surface area contributed by atoms with Gasteiger partial charge in [-0.05, 0) is 41.5 Å². The van der Waals surface area contributed by atoms with Crippen LogP contribution in [0.4, 0.5) is 18.9 Å². The van der Waals surface area contributed by atoms with Crippen molar-refractivity contribution in [2.75, 3.05) is 10.7 Å². The average Bonchev–Trinajstić information content (AvgIpc) is 3.03. The summed E-state index contributed by atoms with van der Waals surface area (Å²) in [5.41, 5.74) is 3.70. The molecule has 1 unspecified atom stereocenters. The number of hydrogen-bond acceptors (Lipinski definition) is 5. The van der Waals surface area contributed by atoms with E-state index in [1.54, 1.807) is 0 Å². The molecule has 0 spiro atoms. The molecule has 0 saturated heterocycles. The Hall–Kier alpha value is -4.73. The number of hydrogen-bond donors (Lipinski definition) is 3. The molecule has 7 nitrogen and oxygen atoms in total. The zero-order valence-electron chi connectivity index (χ0n) is 19.1. The number of nitrogens with one attached hydrogen (secondary N) is 2. The van der Waals surface area contributed by atoms with E-state index >= 15 is 0 Å². The number of amides is 1. The van der Waals surface area contributed by atoms with Crippen LogP contribution in [0.25, 0.3) is 0 Å². The number of pyridine rings is 1. The second kappa shape index (κ2) is 9.38. The number of carbonyl (C=O) groups is 1. The van der Waals surface area contributed by atoms with Gasteiger partial charge in [0.1, 0.15) is 12.4 Å². The maximum absolute atomic E-state index is 13.2. The van der Waals surface area contributed by atoms with Crippen molar-refractivity contribution in [3.63, 3.8) is 0 Å². The first-order valence-electron chi connectivity index (χ1n) is 11.2. The second-order valence-electron chi connectivity index (χ2n) is 8.36. The van der Waals surface area contributed by atoms with E-state index in [1.165, 1.54) is 10.9 Å². The van der Waals surface area contributed by atoms with Gasteiger partial charge >= 0.3 is 6.18 Å². The molecule has 4 aromatic rings. The number of benzene rings is 3. The number of alkyl halides is 3. The highest BCUT2D eigenvalue weighted by Gasteiger charge is 2.30. The van der Waals surface area contributed by atoms with Crippen LogP contribution in [0.5, 0.6) is 11.5 Å². The summed E-state index contributed by atoms with van der Waals surface area (Å²) < 4.78 is 45.8. The van der Waals surface area contributed by atoms with Crippen LogP contribution in [0.3, 0.4) is 0 Å². The number of nitrogens with zero attached hydrogens (tertiary/aromatic N) is 1. The van der Waals surface area contributed by atoms with Gasteiger partial charge in [0.05, 0.1) is 11.6 Å². The summed E-state index contributed by atoms with van der Waals surface area (Å²) in [5, 5.41) is 13.0. The molecule has 1 atom stereocenters. The van der Waals surface area contributed by atoms with E-state index in [-0.39, 0.29) is 5.69 Å². The Bertz CT molecular complexity index is 1480. The smallest absolute Gasteiger partial charge is 0.416 e. The molecule has 0 aliphatic carbocycles. The van der Waals surface area contributed by atoms with Crippen LogP contribution in [0.15, 0.2) is 89.9 Å². The molecule has 0 bridgehead atoms. The molecule has 1 amide bonds. The summed E-state index contributed by atoms with van der Waals surface area (Å²) >= 11 is 0. The molecule has 3 N–H and O–H groups in total. The topological polar surface area (TPSA) is 92.6 Å². The highest BCUT2D eigenvalue weighted by molar-refractivity contribution is 6.04. The zero-order chi connectivity index (χ0) is 26.2. The molecule has 1 aliphatic heterocycles. The van der Waals surface area contributed by atoms with E-state index in [9.17, 15) is 27.9 Å². The lowest BCUT2D eigenvalue weighted by molar-refractivity contribution is -0.137. The Morgan fingerprint density at radius 2 is 1.62 bits per heavy atom. The molecule has 0 saturated carbocycles. The first-order valence-corrected chi connectivity index (χ1v) is 11.2. The van der Waals surface area contributed by atoms with E-state index in [4.69, 9.17) is 4.74 Å². The van der Waals surface area contributed by atoms with Gasteiger partial charge in [-0.25, -0.2) is 0 Å². The molecule has 188 valence electrons. The first-order chi connectivity index (χ1) is 17.7. The van der Waals surface area contributed by atoms with E-state index in [0.29, 0.717) is 12.4 Å². The van der Waals surface area contributed by atoms with Crippen molar-refractivity contribution in [1.29, 1.82) is 0 Å². The van der Waals surface area contributed by atoms with Crippen LogP contribution in [-0.2, 0) is 12.8 Å². The molecule has 1 aromatic heterocycles. The van der Waals surface area contributed by atoms with Crippen molar-refractivity contribution in [3.8, 4) is 11.5 Å². The second-order valence-corrected chi connectivity index (χ2v) is 8.36. The highest BCUT2D eigenvalue weighted by Crippen LogP contribution is 2.36. The highest BCUT2D eigenvalue weighted by atomic mass is 19.4.